The fourth-order valence-electron chi connectivity index (χ4n) is 6.21. The van der Waals surface area contributed by atoms with Crippen molar-refractivity contribution in [1.82, 2.24) is 15.1 Å². The lowest BCUT2D eigenvalue weighted by Gasteiger charge is -2.14. The Morgan fingerprint density at radius 1 is 1.05 bits per heavy atom. The van der Waals surface area contributed by atoms with E-state index in [0.29, 0.717) is 0 Å². The molecule has 0 bridgehead atoms. The third-order valence-corrected chi connectivity index (χ3v) is 8.36. The summed E-state index contributed by atoms with van der Waals surface area (Å²) in [7, 11) is 1.66. The molecule has 2 atom stereocenters. The van der Waals surface area contributed by atoms with Crippen LogP contribution in [0.3, 0.4) is 0 Å². The predicted molar refractivity (Wildman–Crippen MR) is 147 cm³/mol. The number of carbonyl (C=O) groups is 1. The number of aromatic amines is 1. The van der Waals surface area contributed by atoms with Crippen LogP contribution in [0.15, 0.2) is 60.7 Å². The number of benzene rings is 3. The summed E-state index contributed by atoms with van der Waals surface area (Å²) < 4.78 is 5.42. The number of likely N-dealkylation sites (tertiary alicyclic amines) is 1. The Morgan fingerprint density at radius 3 is 2.70 bits per heavy atom. The van der Waals surface area contributed by atoms with Crippen LogP contribution in [-0.2, 0) is 16.8 Å². The second-order valence-electron chi connectivity index (χ2n) is 10.6. The molecule has 37 heavy (non-hydrogen) atoms. The molecular weight excluding hydrogens is 460 g/mol. The number of nitrogens with zero attached hydrogens (tertiary/aromatic N) is 2. The highest BCUT2D eigenvalue weighted by Gasteiger charge is 2.65. The van der Waals surface area contributed by atoms with Gasteiger partial charge in [-0.1, -0.05) is 42.5 Å². The van der Waals surface area contributed by atoms with Gasteiger partial charge in [0.25, 0.3) is 0 Å². The van der Waals surface area contributed by atoms with Gasteiger partial charge in [0.05, 0.1) is 23.7 Å². The van der Waals surface area contributed by atoms with E-state index >= 15 is 0 Å². The molecule has 6 nitrogen and oxygen atoms in total. The molecule has 3 heterocycles. The van der Waals surface area contributed by atoms with Gasteiger partial charge in [0, 0.05) is 23.5 Å². The average Bonchev–Trinajstić information content (AvgIpc) is 3.16. The van der Waals surface area contributed by atoms with Crippen molar-refractivity contribution in [2.24, 2.45) is 0 Å². The molecule has 1 aromatic heterocycles. The van der Waals surface area contributed by atoms with Gasteiger partial charge >= 0.3 is 0 Å². The van der Waals surface area contributed by atoms with Crippen LogP contribution >= 0.6 is 0 Å². The van der Waals surface area contributed by atoms with E-state index < -0.39 is 5.41 Å². The van der Waals surface area contributed by atoms with Crippen molar-refractivity contribution in [2.75, 3.05) is 25.5 Å². The Hall–Kier alpha value is -3.90. The van der Waals surface area contributed by atoms with E-state index in [9.17, 15) is 4.79 Å². The highest BCUT2D eigenvalue weighted by atomic mass is 16.5. The van der Waals surface area contributed by atoms with E-state index in [1.807, 2.05) is 18.2 Å². The first kappa shape index (κ1) is 22.3. The smallest absolute Gasteiger partial charge is 0.235 e. The molecule has 1 amide bonds. The van der Waals surface area contributed by atoms with Crippen molar-refractivity contribution >= 4 is 34.6 Å². The summed E-state index contributed by atoms with van der Waals surface area (Å²) in [5.74, 6) is 1.01. The van der Waals surface area contributed by atoms with E-state index in [-0.39, 0.29) is 11.8 Å². The summed E-state index contributed by atoms with van der Waals surface area (Å²) in [6, 6.07) is 21.1. The number of ether oxygens (including phenoxy) is 1. The molecule has 1 aliphatic carbocycles. The zero-order chi connectivity index (χ0) is 25.0. The van der Waals surface area contributed by atoms with Crippen molar-refractivity contribution in [1.29, 1.82) is 0 Å². The monoisotopic (exact) mass is 490 g/mol. The van der Waals surface area contributed by atoms with Gasteiger partial charge < -0.3 is 10.1 Å². The Kier molecular flexibility index (Phi) is 5.18. The van der Waals surface area contributed by atoms with E-state index in [1.165, 1.54) is 37.1 Å². The number of methoxy groups -OCH3 is 1. The lowest BCUT2D eigenvalue weighted by molar-refractivity contribution is -0.118. The number of nitrogens with one attached hydrogen (secondary N) is 2. The Balaban J connectivity index is 1.10. The number of carbonyl (C=O) groups excluding carboxylic acids is 1. The molecule has 1 spiro atoms. The fourth-order valence-corrected chi connectivity index (χ4v) is 6.21. The van der Waals surface area contributed by atoms with Crippen molar-refractivity contribution in [3.05, 3.63) is 88.6 Å². The molecule has 3 aliphatic rings. The first-order chi connectivity index (χ1) is 18.1. The maximum atomic E-state index is 13.0. The van der Waals surface area contributed by atoms with Crippen LogP contribution < -0.4 is 10.1 Å². The van der Waals surface area contributed by atoms with Crippen molar-refractivity contribution in [3.63, 3.8) is 0 Å². The number of hydrogen-bond donors (Lipinski definition) is 2. The van der Waals surface area contributed by atoms with Crippen molar-refractivity contribution in [3.8, 4) is 5.75 Å². The Labute approximate surface area is 216 Å². The van der Waals surface area contributed by atoms with Crippen molar-refractivity contribution < 1.29 is 9.53 Å². The minimum absolute atomic E-state index is 0.0838. The number of fused-ring (bicyclic) bond motifs is 3. The number of H-pyrrole nitrogens is 1. The molecule has 6 heteroatoms. The summed E-state index contributed by atoms with van der Waals surface area (Å²) in [6.45, 7) is 3.47. The summed E-state index contributed by atoms with van der Waals surface area (Å²) in [5.41, 5.74) is 7.04. The van der Waals surface area contributed by atoms with Crippen LogP contribution in [0.25, 0.3) is 23.1 Å². The van der Waals surface area contributed by atoms with E-state index in [2.05, 4.69) is 75.0 Å². The number of aromatic nitrogens is 2. The molecule has 0 radical (unpaired) electrons. The maximum absolute atomic E-state index is 13.0. The number of hydrogen-bond acceptors (Lipinski definition) is 4. The normalized spacial score (nSPS) is 22.7. The Morgan fingerprint density at radius 2 is 1.89 bits per heavy atom. The molecule has 3 aromatic carbocycles. The molecule has 2 fully saturated rings. The molecule has 2 N–H and O–H groups in total. The van der Waals surface area contributed by atoms with Gasteiger partial charge in [0.1, 0.15) is 5.75 Å². The van der Waals surface area contributed by atoms with Crippen LogP contribution in [0.4, 0.5) is 5.69 Å². The van der Waals surface area contributed by atoms with Gasteiger partial charge in [-0.15, -0.1) is 0 Å². The summed E-state index contributed by atoms with van der Waals surface area (Å²) in [6.07, 6.45) is 7.63. The van der Waals surface area contributed by atoms with Gasteiger partial charge in [-0.05, 0) is 84.9 Å². The minimum Gasteiger partial charge on any atom is -0.497 e. The molecule has 1 saturated heterocycles. The van der Waals surface area contributed by atoms with E-state index in [1.54, 1.807) is 7.11 Å². The second kappa shape index (κ2) is 8.60. The predicted octanol–water partition coefficient (Wildman–Crippen LogP) is 5.72. The molecule has 1 saturated carbocycles. The highest BCUT2D eigenvalue weighted by molar-refractivity contribution is 6.10. The number of anilines is 1. The molecule has 0 unspecified atom stereocenters. The van der Waals surface area contributed by atoms with Gasteiger partial charge in [-0.25, -0.2) is 0 Å². The first-order valence-electron chi connectivity index (χ1n) is 13.1. The molecule has 7 rings (SSSR count). The summed E-state index contributed by atoms with van der Waals surface area (Å²) in [4.78, 5) is 15.5. The van der Waals surface area contributed by atoms with Gasteiger partial charge in [0.15, 0.2) is 0 Å². The third-order valence-electron chi connectivity index (χ3n) is 8.36. The van der Waals surface area contributed by atoms with Crippen molar-refractivity contribution in [2.45, 2.75) is 37.1 Å². The SMILES string of the molecule is COc1ccc2c(c1)[C@]1(C[C@H]1c1ccc3c(C=Cc4ccc(CN5CCCC5)cc4)n[nH]c3c1)C(=O)N2. The molecule has 4 aromatic rings. The standard InChI is InChI=1S/C31H30N4O2/c1-37-23-10-13-28-25(17-23)31(30(36)32-28)18-26(31)22-9-11-24-27(33-34-29(24)16-22)12-8-20-4-6-21(7-5-20)19-35-14-2-3-15-35/h4-13,16-17,26H,2-3,14-15,18-19H2,1H3,(H,32,36)(H,33,34)/t26-,31-/m0/s1. The van der Waals surface area contributed by atoms with Gasteiger partial charge in [-0.2, -0.15) is 5.10 Å². The summed E-state index contributed by atoms with van der Waals surface area (Å²) in [5, 5.41) is 11.9. The lowest BCUT2D eigenvalue weighted by Crippen LogP contribution is -2.21. The van der Waals surface area contributed by atoms with Crippen LogP contribution in [0.5, 0.6) is 5.75 Å². The fraction of sp³-hybridized carbons (Fsp3) is 0.290. The first-order valence-corrected chi connectivity index (χ1v) is 13.1. The second-order valence-corrected chi connectivity index (χ2v) is 10.6. The maximum Gasteiger partial charge on any atom is 0.235 e. The number of amides is 1. The topological polar surface area (TPSA) is 70.2 Å². The molecule has 2 aliphatic heterocycles. The van der Waals surface area contributed by atoms with Crippen LogP contribution in [0.2, 0.25) is 0 Å². The third kappa shape index (κ3) is 3.75. The zero-order valence-electron chi connectivity index (χ0n) is 21.0. The quantitative estimate of drug-likeness (QED) is 0.363. The Bertz CT molecular complexity index is 1530. The molecule has 186 valence electrons. The zero-order valence-corrected chi connectivity index (χ0v) is 21.0. The summed E-state index contributed by atoms with van der Waals surface area (Å²) >= 11 is 0. The molecular formula is C31H30N4O2. The van der Waals surface area contributed by atoms with E-state index in [0.717, 1.165) is 52.1 Å². The van der Waals surface area contributed by atoms with E-state index in [4.69, 9.17) is 4.74 Å². The van der Waals surface area contributed by atoms with Gasteiger partial charge in [-0.3, -0.25) is 14.8 Å². The number of rotatable bonds is 6. The minimum atomic E-state index is -0.499. The highest BCUT2D eigenvalue weighted by Crippen LogP contribution is 2.65. The van der Waals surface area contributed by atoms with Crippen LogP contribution in [0.1, 0.15) is 53.1 Å². The van der Waals surface area contributed by atoms with Gasteiger partial charge in [0.2, 0.25) is 5.91 Å². The van der Waals surface area contributed by atoms with Crippen LogP contribution in [0, 0.1) is 0 Å². The largest absolute Gasteiger partial charge is 0.497 e. The average molecular weight is 491 g/mol. The van der Waals surface area contributed by atoms with Crippen LogP contribution in [-0.4, -0.2) is 41.2 Å². The lowest BCUT2D eigenvalue weighted by atomic mass is 9.91.